The molecule has 5 heteroatoms. The Labute approximate surface area is 96.5 Å². The van der Waals surface area contributed by atoms with Crippen LogP contribution < -0.4 is 11.1 Å². The highest BCUT2D eigenvalue weighted by molar-refractivity contribution is 5.85. The van der Waals surface area contributed by atoms with Gasteiger partial charge in [-0.15, -0.1) is 24.8 Å². The number of hydrogen-bond acceptors (Lipinski definition) is 3. The molecule has 14 heavy (non-hydrogen) atoms. The third kappa shape index (κ3) is 4.56. The van der Waals surface area contributed by atoms with Crippen molar-refractivity contribution in [2.75, 3.05) is 12.3 Å². The Hall–Kier alpha value is -0.640. The molecule has 0 saturated heterocycles. The van der Waals surface area contributed by atoms with Gasteiger partial charge in [-0.25, -0.2) is 0 Å². The van der Waals surface area contributed by atoms with Gasteiger partial charge in [0.1, 0.15) is 5.75 Å². The molecular weight excluding hydrogens is 223 g/mol. The number of nitrogen functional groups attached to an aromatic ring is 1. The van der Waals surface area contributed by atoms with Gasteiger partial charge in [-0.1, -0.05) is 6.92 Å². The summed E-state index contributed by atoms with van der Waals surface area (Å²) in [5.41, 5.74) is 7.09. The van der Waals surface area contributed by atoms with Crippen LogP contribution in [-0.2, 0) is 6.54 Å². The Morgan fingerprint density at radius 1 is 1.36 bits per heavy atom. The number of anilines is 1. The van der Waals surface area contributed by atoms with E-state index in [1.807, 2.05) is 6.92 Å². The van der Waals surface area contributed by atoms with Crippen molar-refractivity contribution >= 4 is 30.5 Å². The van der Waals surface area contributed by atoms with Crippen molar-refractivity contribution < 1.29 is 5.11 Å². The Kier molecular flexibility index (Phi) is 8.74. The lowest BCUT2D eigenvalue weighted by Crippen LogP contribution is -2.11. The average molecular weight is 239 g/mol. The van der Waals surface area contributed by atoms with Gasteiger partial charge in [0.2, 0.25) is 0 Å². The maximum Gasteiger partial charge on any atom is 0.120 e. The average Bonchev–Trinajstić information content (AvgIpc) is 2.07. The van der Waals surface area contributed by atoms with Crippen molar-refractivity contribution in [3.05, 3.63) is 23.8 Å². The van der Waals surface area contributed by atoms with Crippen molar-refractivity contribution in [1.29, 1.82) is 0 Å². The first-order valence-corrected chi connectivity index (χ1v) is 4.02. The molecule has 0 heterocycles. The normalized spacial score (nSPS) is 8.64. The lowest BCUT2D eigenvalue weighted by molar-refractivity contribution is 0.465. The first-order chi connectivity index (χ1) is 5.74. The van der Waals surface area contributed by atoms with Gasteiger partial charge < -0.3 is 16.2 Å². The fourth-order valence-corrected chi connectivity index (χ4v) is 1.01. The summed E-state index contributed by atoms with van der Waals surface area (Å²) in [7, 11) is 0. The molecular formula is C9H16Cl2N2O. The smallest absolute Gasteiger partial charge is 0.120 e. The second kappa shape index (κ2) is 7.74. The Bertz CT molecular complexity index is 269. The minimum absolute atomic E-state index is 0. The maximum absolute atomic E-state index is 9.37. The van der Waals surface area contributed by atoms with Crippen LogP contribution in [-0.4, -0.2) is 11.7 Å². The molecule has 1 aromatic carbocycles. The number of phenolic OH excluding ortho intramolecular Hbond substituents is 1. The van der Waals surface area contributed by atoms with Crippen molar-refractivity contribution in [3.8, 4) is 5.75 Å². The number of nitrogens with one attached hydrogen (secondary N) is 1. The maximum atomic E-state index is 9.37. The molecule has 0 aliphatic rings. The highest BCUT2D eigenvalue weighted by atomic mass is 35.5. The molecule has 0 aromatic heterocycles. The molecule has 0 unspecified atom stereocenters. The second-order valence-corrected chi connectivity index (χ2v) is 2.67. The summed E-state index contributed by atoms with van der Waals surface area (Å²) in [6.45, 7) is 3.56. The summed E-state index contributed by atoms with van der Waals surface area (Å²) in [6.07, 6.45) is 0. The van der Waals surface area contributed by atoms with Crippen molar-refractivity contribution in [3.63, 3.8) is 0 Å². The zero-order chi connectivity index (χ0) is 8.97. The quantitative estimate of drug-likeness (QED) is 0.558. The zero-order valence-electron chi connectivity index (χ0n) is 7.99. The van der Waals surface area contributed by atoms with Crippen LogP contribution in [0.2, 0.25) is 0 Å². The summed E-state index contributed by atoms with van der Waals surface area (Å²) in [5.74, 6) is 0.296. The monoisotopic (exact) mass is 238 g/mol. The van der Waals surface area contributed by atoms with Gasteiger partial charge in [0, 0.05) is 17.8 Å². The Balaban J connectivity index is 0. The van der Waals surface area contributed by atoms with Crippen LogP contribution >= 0.6 is 24.8 Å². The second-order valence-electron chi connectivity index (χ2n) is 2.67. The molecule has 3 nitrogen and oxygen atoms in total. The molecule has 0 aliphatic carbocycles. The lowest BCUT2D eigenvalue weighted by Gasteiger charge is -2.05. The van der Waals surface area contributed by atoms with E-state index in [0.29, 0.717) is 18.0 Å². The first kappa shape index (κ1) is 15.8. The molecule has 4 N–H and O–H groups in total. The predicted molar refractivity (Wildman–Crippen MR) is 64.4 cm³/mol. The Morgan fingerprint density at radius 2 is 2.00 bits per heavy atom. The van der Waals surface area contributed by atoms with Crippen LogP contribution in [0.5, 0.6) is 5.75 Å². The van der Waals surface area contributed by atoms with E-state index in [0.717, 1.165) is 12.1 Å². The van der Waals surface area contributed by atoms with Gasteiger partial charge in [-0.3, -0.25) is 0 Å². The number of phenols is 1. The van der Waals surface area contributed by atoms with E-state index in [9.17, 15) is 5.11 Å². The summed E-state index contributed by atoms with van der Waals surface area (Å²) in [4.78, 5) is 0. The molecule has 0 radical (unpaired) electrons. The van der Waals surface area contributed by atoms with Crippen LogP contribution in [0.1, 0.15) is 12.5 Å². The van der Waals surface area contributed by atoms with Crippen molar-refractivity contribution in [1.82, 2.24) is 5.32 Å². The van der Waals surface area contributed by atoms with Crippen molar-refractivity contribution in [2.45, 2.75) is 13.5 Å². The molecule has 0 bridgehead atoms. The topological polar surface area (TPSA) is 58.3 Å². The molecule has 0 atom stereocenters. The summed E-state index contributed by atoms with van der Waals surface area (Å²) < 4.78 is 0. The predicted octanol–water partition coefficient (Wildman–Crippen LogP) is 1.93. The van der Waals surface area contributed by atoms with E-state index in [1.54, 1.807) is 18.2 Å². The van der Waals surface area contributed by atoms with E-state index in [-0.39, 0.29) is 24.8 Å². The van der Waals surface area contributed by atoms with E-state index < -0.39 is 0 Å². The van der Waals surface area contributed by atoms with Crippen LogP contribution in [0.15, 0.2) is 18.2 Å². The lowest BCUT2D eigenvalue weighted by atomic mass is 10.2. The molecule has 0 spiro atoms. The van der Waals surface area contributed by atoms with Gasteiger partial charge in [0.05, 0.1) is 0 Å². The van der Waals surface area contributed by atoms with E-state index >= 15 is 0 Å². The van der Waals surface area contributed by atoms with Crippen LogP contribution in [0, 0.1) is 0 Å². The highest BCUT2D eigenvalue weighted by Crippen LogP contribution is 2.18. The number of nitrogens with two attached hydrogens (primary N) is 1. The fraction of sp³-hybridized carbons (Fsp3) is 0.333. The van der Waals surface area contributed by atoms with Crippen LogP contribution in [0.4, 0.5) is 5.69 Å². The van der Waals surface area contributed by atoms with Crippen molar-refractivity contribution in [2.24, 2.45) is 0 Å². The van der Waals surface area contributed by atoms with Gasteiger partial charge in [-0.05, 0) is 24.7 Å². The third-order valence-electron chi connectivity index (χ3n) is 1.67. The van der Waals surface area contributed by atoms with Crippen LogP contribution in [0.25, 0.3) is 0 Å². The van der Waals surface area contributed by atoms with Gasteiger partial charge in [0.25, 0.3) is 0 Å². The Morgan fingerprint density at radius 3 is 2.57 bits per heavy atom. The molecule has 0 aliphatic heterocycles. The number of halogens is 2. The molecule has 0 fully saturated rings. The molecule has 0 saturated carbocycles. The summed E-state index contributed by atoms with van der Waals surface area (Å²) in [5, 5.41) is 12.5. The minimum Gasteiger partial charge on any atom is -0.508 e. The molecule has 82 valence electrons. The first-order valence-electron chi connectivity index (χ1n) is 4.02. The van der Waals surface area contributed by atoms with Gasteiger partial charge >= 0.3 is 0 Å². The van der Waals surface area contributed by atoms with E-state index in [1.165, 1.54) is 0 Å². The zero-order valence-corrected chi connectivity index (χ0v) is 9.62. The number of aromatic hydroxyl groups is 1. The van der Waals surface area contributed by atoms with Gasteiger partial charge in [0.15, 0.2) is 0 Å². The van der Waals surface area contributed by atoms with Crippen LogP contribution in [0.3, 0.4) is 0 Å². The fourth-order valence-electron chi connectivity index (χ4n) is 1.01. The molecule has 1 rings (SSSR count). The van der Waals surface area contributed by atoms with E-state index in [4.69, 9.17) is 5.73 Å². The highest BCUT2D eigenvalue weighted by Gasteiger charge is 1.99. The largest absolute Gasteiger partial charge is 0.508 e. The summed E-state index contributed by atoms with van der Waals surface area (Å²) >= 11 is 0. The van der Waals surface area contributed by atoms with Gasteiger partial charge in [-0.2, -0.15) is 0 Å². The molecule has 0 amide bonds. The standard InChI is InChI=1S/C9H14N2O.2ClH/c1-2-11-6-7-5-8(10)3-4-9(7)12;;/h3-5,11-12H,2,6,10H2,1H3;2*1H. The minimum atomic E-state index is 0. The molecule has 1 aromatic rings. The number of rotatable bonds is 3. The number of hydrogen-bond donors (Lipinski definition) is 3. The third-order valence-corrected chi connectivity index (χ3v) is 1.67. The van der Waals surface area contributed by atoms with E-state index in [2.05, 4.69) is 5.32 Å². The number of benzene rings is 1. The summed E-state index contributed by atoms with van der Waals surface area (Å²) in [6, 6.07) is 5.07. The SMILES string of the molecule is CCNCc1cc(N)ccc1O.Cl.Cl.